The van der Waals surface area contributed by atoms with Gasteiger partial charge in [-0.25, -0.2) is 4.79 Å². The van der Waals surface area contributed by atoms with E-state index in [0.29, 0.717) is 16.5 Å². The molecule has 1 atom stereocenters. The van der Waals surface area contributed by atoms with Crippen LogP contribution in [0.15, 0.2) is 36.5 Å². The van der Waals surface area contributed by atoms with Crippen LogP contribution in [0.5, 0.6) is 0 Å². The molecule has 106 valence electrons. The number of nitrogens with zero attached hydrogens (tertiary/aromatic N) is 1. The van der Waals surface area contributed by atoms with Gasteiger partial charge in [-0.05, 0) is 12.1 Å². The summed E-state index contributed by atoms with van der Waals surface area (Å²) in [5.74, 6) is 1.39. The van der Waals surface area contributed by atoms with Crippen molar-refractivity contribution in [3.05, 3.63) is 42.1 Å². The molecule has 21 heavy (non-hydrogen) atoms. The molecule has 0 spiro atoms. The average molecular weight is 282 g/mol. The first-order chi connectivity index (χ1) is 10.2. The number of pyridine rings is 1. The molecule has 1 amide bonds. The first kappa shape index (κ1) is 14.5. The van der Waals surface area contributed by atoms with E-state index in [-0.39, 0.29) is 12.3 Å². The zero-order valence-electron chi connectivity index (χ0n) is 11.5. The smallest absolute Gasteiger partial charge is 0.329 e. The van der Waals surface area contributed by atoms with E-state index in [2.05, 4.69) is 21.0 Å². The van der Waals surface area contributed by atoms with Gasteiger partial charge < -0.3 is 10.1 Å². The minimum absolute atomic E-state index is 0.0709. The minimum Gasteiger partial charge on any atom is -0.467 e. The highest BCUT2D eigenvalue weighted by Crippen LogP contribution is 2.16. The van der Waals surface area contributed by atoms with Crippen molar-refractivity contribution in [3.8, 4) is 12.3 Å². The van der Waals surface area contributed by atoms with Crippen LogP contribution >= 0.6 is 0 Å². The molecule has 1 aromatic heterocycles. The normalized spacial score (nSPS) is 11.4. The topological polar surface area (TPSA) is 68.3 Å². The van der Waals surface area contributed by atoms with Crippen molar-refractivity contribution in [2.45, 2.75) is 12.5 Å². The van der Waals surface area contributed by atoms with Crippen LogP contribution in [0.3, 0.4) is 0 Å². The van der Waals surface area contributed by atoms with Gasteiger partial charge in [0.05, 0.1) is 18.2 Å². The highest BCUT2D eigenvalue weighted by atomic mass is 16.5. The van der Waals surface area contributed by atoms with E-state index in [4.69, 9.17) is 6.42 Å². The number of carbonyl (C=O) groups excluding carboxylic acids is 2. The predicted octanol–water partition coefficient (Wildman–Crippen LogP) is 1.53. The molecule has 0 unspecified atom stereocenters. The lowest BCUT2D eigenvalue weighted by Gasteiger charge is -2.14. The number of benzene rings is 1. The molecular formula is C16H14N2O3. The summed E-state index contributed by atoms with van der Waals surface area (Å²) in [6.45, 7) is 0. The zero-order chi connectivity index (χ0) is 15.2. The van der Waals surface area contributed by atoms with Crippen LogP contribution in [0.4, 0.5) is 0 Å². The fourth-order valence-corrected chi connectivity index (χ4v) is 1.98. The number of hydrogen-bond acceptors (Lipinski definition) is 4. The highest BCUT2D eigenvalue weighted by molar-refractivity contribution is 6.07. The zero-order valence-corrected chi connectivity index (χ0v) is 11.5. The van der Waals surface area contributed by atoms with E-state index in [1.54, 1.807) is 18.3 Å². The summed E-state index contributed by atoms with van der Waals surface area (Å²) >= 11 is 0. The van der Waals surface area contributed by atoms with E-state index in [0.717, 1.165) is 0 Å². The summed E-state index contributed by atoms with van der Waals surface area (Å²) in [6, 6.07) is 8.00. The Morgan fingerprint density at radius 3 is 2.86 bits per heavy atom. The van der Waals surface area contributed by atoms with Gasteiger partial charge in [0, 0.05) is 18.0 Å². The van der Waals surface area contributed by atoms with Crippen molar-refractivity contribution in [2.75, 3.05) is 7.11 Å². The summed E-state index contributed by atoms with van der Waals surface area (Å²) in [6.07, 6.45) is 6.83. The van der Waals surface area contributed by atoms with Gasteiger partial charge in [-0.1, -0.05) is 18.2 Å². The summed E-state index contributed by atoms with van der Waals surface area (Å²) in [5.41, 5.74) is 1.14. The third kappa shape index (κ3) is 3.18. The number of esters is 1. The number of para-hydroxylation sites is 1. The lowest BCUT2D eigenvalue weighted by Crippen LogP contribution is -2.41. The Hall–Kier alpha value is -2.87. The number of methoxy groups -OCH3 is 1. The van der Waals surface area contributed by atoms with Gasteiger partial charge >= 0.3 is 5.97 Å². The maximum absolute atomic E-state index is 12.3. The molecule has 0 bridgehead atoms. The van der Waals surface area contributed by atoms with Gasteiger partial charge in [-0.15, -0.1) is 12.3 Å². The van der Waals surface area contributed by atoms with Crippen LogP contribution < -0.4 is 5.32 Å². The number of amides is 1. The Kier molecular flexibility index (Phi) is 4.52. The predicted molar refractivity (Wildman–Crippen MR) is 78.5 cm³/mol. The summed E-state index contributed by atoms with van der Waals surface area (Å²) in [5, 5.41) is 3.30. The number of hydrogen-bond donors (Lipinski definition) is 1. The van der Waals surface area contributed by atoms with Gasteiger partial charge in [-0.3, -0.25) is 9.78 Å². The fourth-order valence-electron chi connectivity index (χ4n) is 1.98. The van der Waals surface area contributed by atoms with Crippen molar-refractivity contribution < 1.29 is 14.3 Å². The molecule has 0 aliphatic heterocycles. The van der Waals surface area contributed by atoms with Gasteiger partial charge in [0.2, 0.25) is 0 Å². The Morgan fingerprint density at radius 2 is 2.14 bits per heavy atom. The lowest BCUT2D eigenvalue weighted by molar-refractivity contribution is -0.142. The van der Waals surface area contributed by atoms with Gasteiger partial charge in [0.1, 0.15) is 6.04 Å². The number of ether oxygens (including phenoxy) is 1. The number of rotatable bonds is 4. The molecule has 0 radical (unpaired) electrons. The number of terminal acetylenes is 1. The summed E-state index contributed by atoms with van der Waals surface area (Å²) < 4.78 is 4.63. The van der Waals surface area contributed by atoms with Crippen LogP contribution in [0.2, 0.25) is 0 Å². The van der Waals surface area contributed by atoms with Crippen molar-refractivity contribution in [2.24, 2.45) is 0 Å². The molecule has 1 heterocycles. The second-order valence-electron chi connectivity index (χ2n) is 4.33. The van der Waals surface area contributed by atoms with Gasteiger partial charge in [0.15, 0.2) is 0 Å². The van der Waals surface area contributed by atoms with Crippen molar-refractivity contribution >= 4 is 22.8 Å². The van der Waals surface area contributed by atoms with E-state index >= 15 is 0 Å². The van der Waals surface area contributed by atoms with Gasteiger partial charge in [-0.2, -0.15) is 0 Å². The Labute approximate surface area is 122 Å². The molecule has 5 nitrogen and oxygen atoms in total. The van der Waals surface area contributed by atoms with Crippen molar-refractivity contribution in [1.82, 2.24) is 10.3 Å². The second kappa shape index (κ2) is 6.53. The van der Waals surface area contributed by atoms with Crippen molar-refractivity contribution in [1.29, 1.82) is 0 Å². The molecule has 0 aliphatic rings. The lowest BCUT2D eigenvalue weighted by atomic mass is 10.1. The molecule has 0 saturated heterocycles. The van der Waals surface area contributed by atoms with Crippen LogP contribution in [-0.2, 0) is 9.53 Å². The van der Waals surface area contributed by atoms with Gasteiger partial charge in [0.25, 0.3) is 5.91 Å². The number of nitrogens with one attached hydrogen (secondary N) is 1. The minimum atomic E-state index is -0.862. The Bertz CT molecular complexity index is 714. The van der Waals surface area contributed by atoms with Crippen LogP contribution in [-0.4, -0.2) is 30.0 Å². The molecule has 1 aromatic carbocycles. The first-order valence-corrected chi connectivity index (χ1v) is 6.33. The molecule has 0 fully saturated rings. The SMILES string of the molecule is C#CC[C@@H](NC(=O)c1ccnc2ccccc12)C(=O)OC. The molecular weight excluding hydrogens is 268 g/mol. The quantitative estimate of drug-likeness (QED) is 0.682. The maximum atomic E-state index is 12.3. The number of fused-ring (bicyclic) bond motifs is 1. The summed E-state index contributed by atoms with van der Waals surface area (Å²) in [7, 11) is 1.25. The molecule has 0 saturated carbocycles. The molecule has 5 heteroatoms. The Morgan fingerprint density at radius 1 is 1.38 bits per heavy atom. The maximum Gasteiger partial charge on any atom is 0.329 e. The van der Waals surface area contributed by atoms with E-state index in [1.807, 2.05) is 18.2 Å². The summed E-state index contributed by atoms with van der Waals surface area (Å²) in [4.78, 5) is 28.1. The van der Waals surface area contributed by atoms with Crippen LogP contribution in [0.25, 0.3) is 10.9 Å². The fraction of sp³-hybridized carbons (Fsp3) is 0.188. The number of aromatic nitrogens is 1. The molecule has 0 aliphatic carbocycles. The standard InChI is InChI=1S/C16H14N2O3/c1-3-6-14(16(20)21-2)18-15(19)12-9-10-17-13-8-5-4-7-11(12)13/h1,4-5,7-10,14H,6H2,2H3,(H,18,19)/t14-/m1/s1. The van der Waals surface area contributed by atoms with Crippen LogP contribution in [0, 0.1) is 12.3 Å². The molecule has 2 aromatic rings. The van der Waals surface area contributed by atoms with E-state index in [1.165, 1.54) is 7.11 Å². The average Bonchev–Trinajstić information content (AvgIpc) is 2.53. The Balaban J connectivity index is 2.30. The molecule has 2 rings (SSSR count). The third-order valence-electron chi connectivity index (χ3n) is 3.01. The monoisotopic (exact) mass is 282 g/mol. The highest BCUT2D eigenvalue weighted by Gasteiger charge is 2.22. The first-order valence-electron chi connectivity index (χ1n) is 6.33. The van der Waals surface area contributed by atoms with Crippen molar-refractivity contribution in [3.63, 3.8) is 0 Å². The molecule has 1 N–H and O–H groups in total. The van der Waals surface area contributed by atoms with E-state index in [9.17, 15) is 9.59 Å². The van der Waals surface area contributed by atoms with E-state index < -0.39 is 12.0 Å². The van der Waals surface area contributed by atoms with Crippen LogP contribution in [0.1, 0.15) is 16.8 Å². The number of carbonyl (C=O) groups is 2. The third-order valence-corrected chi connectivity index (χ3v) is 3.01. The largest absolute Gasteiger partial charge is 0.467 e. The second-order valence-corrected chi connectivity index (χ2v) is 4.33.